The Morgan fingerprint density at radius 3 is 2.84 bits per heavy atom. The van der Waals surface area contributed by atoms with Gasteiger partial charge in [0.25, 0.3) is 17.4 Å². The largest absolute Gasteiger partial charge is 0.336 e. The van der Waals surface area contributed by atoms with Gasteiger partial charge in [0, 0.05) is 5.69 Å². The molecule has 25 heavy (non-hydrogen) atoms. The fraction of sp³-hybridized carbons (Fsp3) is 0.188. The lowest BCUT2D eigenvalue weighted by molar-refractivity contribution is 0.102. The van der Waals surface area contributed by atoms with E-state index >= 15 is 0 Å². The molecule has 1 N–H and O–H groups in total. The number of carbonyl (C=O) groups is 1. The molecule has 1 amide bonds. The number of halogens is 3. The Morgan fingerprint density at radius 2 is 2.12 bits per heavy atom. The van der Waals surface area contributed by atoms with Gasteiger partial charge >= 0.3 is 0 Å². The first-order chi connectivity index (χ1) is 11.9. The molecule has 0 fully saturated rings. The highest BCUT2D eigenvalue weighted by molar-refractivity contribution is 7.99. The van der Waals surface area contributed by atoms with Crippen molar-refractivity contribution in [2.24, 2.45) is 0 Å². The quantitative estimate of drug-likeness (QED) is 0.638. The molecular weight excluding hydrogens is 372 g/mol. The fourth-order valence-corrected chi connectivity index (χ4v) is 3.32. The van der Waals surface area contributed by atoms with Crippen LogP contribution in [0.4, 0.5) is 14.5 Å². The van der Waals surface area contributed by atoms with Crippen LogP contribution in [0.15, 0.2) is 33.7 Å². The van der Waals surface area contributed by atoms with Gasteiger partial charge in [-0.3, -0.25) is 4.79 Å². The number of alkyl halides is 2. The number of aromatic nitrogens is 2. The molecular formula is C16H12ClF2N3O2S. The molecule has 0 radical (unpaired) electrons. The minimum absolute atomic E-state index is 0.108. The van der Waals surface area contributed by atoms with Crippen molar-refractivity contribution in [1.29, 1.82) is 0 Å². The summed E-state index contributed by atoms with van der Waals surface area (Å²) in [4.78, 5) is 17.0. The van der Waals surface area contributed by atoms with Gasteiger partial charge < -0.3 is 9.84 Å². The monoisotopic (exact) mass is 383 g/mol. The van der Waals surface area contributed by atoms with Gasteiger partial charge in [-0.1, -0.05) is 34.6 Å². The Hall–Kier alpha value is -2.19. The number of benzene rings is 1. The molecule has 0 spiro atoms. The number of hydrogen-bond acceptors (Lipinski definition) is 5. The number of nitrogens with zero attached hydrogens (tertiary/aromatic N) is 2. The second-order valence-corrected chi connectivity index (χ2v) is 6.62. The Kier molecular flexibility index (Phi) is 4.91. The van der Waals surface area contributed by atoms with Crippen LogP contribution in [-0.2, 0) is 0 Å². The van der Waals surface area contributed by atoms with Crippen molar-refractivity contribution in [3.63, 3.8) is 0 Å². The van der Waals surface area contributed by atoms with Crippen LogP contribution < -0.4 is 5.32 Å². The number of anilines is 1. The molecule has 0 aliphatic carbocycles. The van der Waals surface area contributed by atoms with Gasteiger partial charge in [-0.05, 0) is 32.0 Å². The molecule has 0 unspecified atom stereocenters. The first kappa shape index (κ1) is 17.6. The van der Waals surface area contributed by atoms with E-state index in [9.17, 15) is 13.6 Å². The second kappa shape index (κ2) is 6.97. The van der Waals surface area contributed by atoms with Gasteiger partial charge in [0.05, 0.1) is 32.2 Å². The first-order valence-electron chi connectivity index (χ1n) is 7.15. The summed E-state index contributed by atoms with van der Waals surface area (Å²) >= 11 is 6.27. The van der Waals surface area contributed by atoms with E-state index < -0.39 is 11.7 Å². The van der Waals surface area contributed by atoms with Crippen molar-refractivity contribution in [2.75, 3.05) is 5.32 Å². The minimum Gasteiger partial charge on any atom is -0.336 e. The molecule has 5 nitrogen and oxygen atoms in total. The number of aryl methyl sites for hydroxylation is 2. The molecule has 3 aromatic rings. The first-order valence-corrected chi connectivity index (χ1v) is 8.41. The zero-order valence-corrected chi connectivity index (χ0v) is 14.7. The molecule has 0 saturated heterocycles. The van der Waals surface area contributed by atoms with Crippen LogP contribution in [0.3, 0.4) is 0 Å². The van der Waals surface area contributed by atoms with Crippen LogP contribution in [0.2, 0.25) is 5.02 Å². The third kappa shape index (κ3) is 3.59. The smallest absolute Gasteiger partial charge is 0.289 e. The topological polar surface area (TPSA) is 68.0 Å². The molecule has 9 heteroatoms. The molecule has 2 heterocycles. The van der Waals surface area contributed by atoms with Gasteiger partial charge in [-0.25, -0.2) is 4.98 Å². The van der Waals surface area contributed by atoms with Crippen molar-refractivity contribution < 1.29 is 18.1 Å². The van der Waals surface area contributed by atoms with Crippen molar-refractivity contribution in [3.8, 4) is 0 Å². The third-order valence-corrected chi connectivity index (χ3v) is 4.69. The minimum atomic E-state index is -2.66. The van der Waals surface area contributed by atoms with Crippen molar-refractivity contribution in [3.05, 3.63) is 46.2 Å². The lowest BCUT2D eigenvalue weighted by atomic mass is 10.1. The molecule has 0 saturated carbocycles. The van der Waals surface area contributed by atoms with Gasteiger partial charge in [-0.15, -0.1) is 0 Å². The summed E-state index contributed by atoms with van der Waals surface area (Å²) in [5, 5.41) is 7.07. The zero-order valence-electron chi connectivity index (χ0n) is 13.1. The molecule has 1 aromatic carbocycles. The second-order valence-electron chi connectivity index (χ2n) is 5.21. The van der Waals surface area contributed by atoms with Crippen LogP contribution >= 0.6 is 23.4 Å². The standard InChI is InChI=1S/C16H12ClF2N3O2S/c1-7-6-9(12-8(2)22-24-15(12)20-7)14(23)21-11-5-3-4-10(17)13(11)25-16(18)19/h3-6,16H,1-2H3,(H,21,23). The summed E-state index contributed by atoms with van der Waals surface area (Å²) in [5.74, 6) is -3.15. The summed E-state index contributed by atoms with van der Waals surface area (Å²) in [7, 11) is 0. The van der Waals surface area contributed by atoms with E-state index in [1.165, 1.54) is 12.1 Å². The molecule has 130 valence electrons. The molecule has 0 aliphatic heterocycles. The van der Waals surface area contributed by atoms with Crippen molar-refractivity contribution in [1.82, 2.24) is 10.1 Å². The molecule has 3 rings (SSSR count). The predicted octanol–water partition coefficient (Wildman–Crippen LogP) is 5.06. The Morgan fingerprint density at radius 1 is 1.36 bits per heavy atom. The summed E-state index contributed by atoms with van der Waals surface area (Å²) in [6.07, 6.45) is 0. The Bertz CT molecular complexity index is 962. The molecule has 2 aromatic heterocycles. The van der Waals surface area contributed by atoms with E-state index in [0.717, 1.165) is 0 Å². The number of rotatable bonds is 4. The normalized spacial score (nSPS) is 11.3. The average Bonchev–Trinajstić information content (AvgIpc) is 2.90. The average molecular weight is 384 g/mol. The number of carbonyl (C=O) groups excluding carboxylic acids is 1. The van der Waals surface area contributed by atoms with E-state index in [1.54, 1.807) is 26.0 Å². The van der Waals surface area contributed by atoms with Gasteiger partial charge in [0.1, 0.15) is 0 Å². The number of nitrogens with one attached hydrogen (secondary N) is 1. The number of amides is 1. The maximum Gasteiger partial charge on any atom is 0.289 e. The maximum atomic E-state index is 12.8. The molecule has 0 atom stereocenters. The number of thioether (sulfide) groups is 1. The lowest BCUT2D eigenvalue weighted by Gasteiger charge is -2.12. The lowest BCUT2D eigenvalue weighted by Crippen LogP contribution is -2.14. The summed E-state index contributed by atoms with van der Waals surface area (Å²) in [6, 6.07) is 6.17. The third-order valence-electron chi connectivity index (χ3n) is 3.41. The Balaban J connectivity index is 2.02. The zero-order chi connectivity index (χ0) is 18.1. The van der Waals surface area contributed by atoms with Crippen LogP contribution in [-0.4, -0.2) is 21.8 Å². The molecule has 0 aliphatic rings. The van der Waals surface area contributed by atoms with E-state index in [2.05, 4.69) is 15.5 Å². The van der Waals surface area contributed by atoms with Crippen molar-refractivity contribution >= 4 is 46.1 Å². The van der Waals surface area contributed by atoms with E-state index in [0.29, 0.717) is 22.3 Å². The summed E-state index contributed by atoms with van der Waals surface area (Å²) in [6.45, 7) is 3.41. The highest BCUT2D eigenvalue weighted by Gasteiger charge is 2.20. The Labute approximate surface area is 150 Å². The fourth-order valence-electron chi connectivity index (χ4n) is 2.40. The number of hydrogen-bond donors (Lipinski definition) is 1. The summed E-state index contributed by atoms with van der Waals surface area (Å²) < 4.78 is 30.7. The SMILES string of the molecule is Cc1cc(C(=O)Nc2cccc(Cl)c2SC(F)F)c2c(C)noc2n1. The number of fused-ring (bicyclic) bond motifs is 1. The maximum absolute atomic E-state index is 12.8. The number of pyridine rings is 1. The predicted molar refractivity (Wildman–Crippen MR) is 92.5 cm³/mol. The van der Waals surface area contributed by atoms with E-state index in [-0.39, 0.29) is 33.1 Å². The van der Waals surface area contributed by atoms with Gasteiger partial charge in [-0.2, -0.15) is 8.78 Å². The van der Waals surface area contributed by atoms with Gasteiger partial charge in [0.15, 0.2) is 0 Å². The highest BCUT2D eigenvalue weighted by Crippen LogP contribution is 2.38. The molecule has 0 bridgehead atoms. The van der Waals surface area contributed by atoms with Crippen molar-refractivity contribution in [2.45, 2.75) is 24.5 Å². The van der Waals surface area contributed by atoms with E-state index in [1.807, 2.05) is 0 Å². The van der Waals surface area contributed by atoms with Crippen LogP contribution in [0.25, 0.3) is 11.1 Å². The van der Waals surface area contributed by atoms with E-state index in [4.69, 9.17) is 16.1 Å². The van der Waals surface area contributed by atoms with Crippen LogP contribution in [0, 0.1) is 13.8 Å². The summed E-state index contributed by atoms with van der Waals surface area (Å²) in [5.41, 5.74) is 1.84. The van der Waals surface area contributed by atoms with Gasteiger partial charge in [0.2, 0.25) is 0 Å². The highest BCUT2D eigenvalue weighted by atomic mass is 35.5. The van der Waals surface area contributed by atoms with Crippen LogP contribution in [0.1, 0.15) is 21.7 Å². The van der Waals surface area contributed by atoms with Crippen LogP contribution in [0.5, 0.6) is 0 Å².